The van der Waals surface area contributed by atoms with Crippen molar-refractivity contribution >= 4 is 0 Å². The summed E-state index contributed by atoms with van der Waals surface area (Å²) >= 11 is 0. The lowest BCUT2D eigenvalue weighted by molar-refractivity contribution is -0.436. The minimum atomic E-state index is -0.379. The fraction of sp³-hybridized carbons (Fsp3) is 1.00. The third-order valence-electron chi connectivity index (χ3n) is 3.68. The van der Waals surface area contributed by atoms with Gasteiger partial charge in [0.05, 0.1) is 18.8 Å². The van der Waals surface area contributed by atoms with Gasteiger partial charge in [-0.15, -0.1) is 0 Å². The van der Waals surface area contributed by atoms with Crippen LogP contribution in [0.4, 0.5) is 0 Å². The van der Waals surface area contributed by atoms with Gasteiger partial charge in [-0.3, -0.25) is 0 Å². The topological polar surface area (TPSA) is 39.7 Å². The van der Waals surface area contributed by atoms with Crippen molar-refractivity contribution in [1.29, 1.82) is 0 Å². The second-order valence-electron chi connectivity index (χ2n) is 4.54. The van der Waals surface area contributed by atoms with Crippen LogP contribution in [0.2, 0.25) is 0 Å². The number of nitrogens with one attached hydrogen (secondary N) is 1. The van der Waals surface area contributed by atoms with E-state index >= 15 is 0 Å². The van der Waals surface area contributed by atoms with E-state index in [9.17, 15) is 0 Å². The number of hydrogen-bond donors (Lipinski definition) is 1. The second-order valence-corrected chi connectivity index (χ2v) is 4.54. The molecule has 0 aromatic carbocycles. The van der Waals surface area contributed by atoms with Crippen molar-refractivity contribution in [2.45, 2.75) is 44.3 Å². The molecule has 3 saturated heterocycles. The summed E-state index contributed by atoms with van der Waals surface area (Å²) < 4.78 is 17.0. The Morgan fingerprint density at radius 3 is 2.67 bits per heavy atom. The number of hydrogen-bond acceptors (Lipinski definition) is 4. The zero-order chi connectivity index (χ0) is 11.1. The first-order chi connectivity index (χ1) is 7.16. The van der Waals surface area contributed by atoms with Gasteiger partial charge in [0.15, 0.2) is 5.79 Å². The Bertz CT molecular complexity index is 234. The average Bonchev–Trinajstić information content (AvgIpc) is 2.18. The van der Waals surface area contributed by atoms with E-state index in [1.807, 2.05) is 14.0 Å². The van der Waals surface area contributed by atoms with Gasteiger partial charge in [0.25, 0.3) is 0 Å². The lowest BCUT2D eigenvalue weighted by atomic mass is 9.76. The summed E-state index contributed by atoms with van der Waals surface area (Å²) in [6, 6.07) is 0.247. The number of rotatable bonds is 4. The van der Waals surface area contributed by atoms with Gasteiger partial charge in [0, 0.05) is 13.0 Å². The van der Waals surface area contributed by atoms with E-state index in [2.05, 4.69) is 12.2 Å². The molecule has 5 unspecified atom stereocenters. The van der Waals surface area contributed by atoms with Gasteiger partial charge in [-0.2, -0.15) is 0 Å². The molecule has 0 spiro atoms. The van der Waals surface area contributed by atoms with Crippen LogP contribution in [-0.4, -0.2) is 44.8 Å². The van der Waals surface area contributed by atoms with Crippen molar-refractivity contribution in [2.75, 3.05) is 20.8 Å². The summed E-state index contributed by atoms with van der Waals surface area (Å²) in [6.07, 6.45) is 1.48. The zero-order valence-electron chi connectivity index (χ0n) is 9.95. The van der Waals surface area contributed by atoms with E-state index in [1.54, 1.807) is 7.11 Å². The van der Waals surface area contributed by atoms with Crippen LogP contribution in [0.25, 0.3) is 0 Å². The maximum atomic E-state index is 5.98. The van der Waals surface area contributed by atoms with Crippen molar-refractivity contribution in [2.24, 2.45) is 5.92 Å². The Morgan fingerprint density at radius 2 is 2.13 bits per heavy atom. The number of ether oxygens (including phenoxy) is 3. The Labute approximate surface area is 91.3 Å². The molecule has 0 aromatic rings. The molecule has 4 heteroatoms. The summed E-state index contributed by atoms with van der Waals surface area (Å²) in [5.41, 5.74) is 0. The first-order valence-electron chi connectivity index (χ1n) is 5.68. The van der Waals surface area contributed by atoms with Gasteiger partial charge in [0.1, 0.15) is 6.10 Å². The highest BCUT2D eigenvalue weighted by molar-refractivity contribution is 5.05. The Kier molecular flexibility index (Phi) is 3.03. The standard InChI is InChI=1S/C11H21NO3/c1-5-7-10-9(12-3)8(6-13-4)14-11(7,2)15-10/h7-10,12H,5-6H2,1-4H3. The van der Waals surface area contributed by atoms with Gasteiger partial charge in [-0.05, 0) is 20.4 Å². The van der Waals surface area contributed by atoms with Gasteiger partial charge in [0.2, 0.25) is 0 Å². The number of likely N-dealkylation sites (N-methyl/N-ethyl adjacent to an activating group) is 1. The average molecular weight is 215 g/mol. The van der Waals surface area contributed by atoms with Crippen LogP contribution in [-0.2, 0) is 14.2 Å². The van der Waals surface area contributed by atoms with Crippen molar-refractivity contribution in [3.63, 3.8) is 0 Å². The van der Waals surface area contributed by atoms with Crippen LogP contribution in [0.5, 0.6) is 0 Å². The highest BCUT2D eigenvalue weighted by Crippen LogP contribution is 2.49. The molecule has 3 rings (SSSR count). The van der Waals surface area contributed by atoms with Gasteiger partial charge >= 0.3 is 0 Å². The molecule has 1 N–H and O–H groups in total. The fourth-order valence-electron chi connectivity index (χ4n) is 2.95. The first-order valence-corrected chi connectivity index (χ1v) is 5.68. The quantitative estimate of drug-likeness (QED) is 0.751. The highest BCUT2D eigenvalue weighted by Gasteiger charge is 2.62. The van der Waals surface area contributed by atoms with Crippen LogP contribution in [0.15, 0.2) is 0 Å². The molecule has 0 aromatic heterocycles. The minimum absolute atomic E-state index is 0.103. The summed E-state index contributed by atoms with van der Waals surface area (Å²) in [4.78, 5) is 0. The van der Waals surface area contributed by atoms with Crippen LogP contribution in [0, 0.1) is 5.92 Å². The van der Waals surface area contributed by atoms with Crippen LogP contribution >= 0.6 is 0 Å². The lowest BCUT2D eigenvalue weighted by Crippen LogP contribution is -2.75. The summed E-state index contributed by atoms with van der Waals surface area (Å²) in [7, 11) is 3.66. The molecule has 0 radical (unpaired) electrons. The minimum Gasteiger partial charge on any atom is -0.382 e. The van der Waals surface area contributed by atoms with Crippen LogP contribution < -0.4 is 5.32 Å². The molecule has 88 valence electrons. The SMILES string of the molecule is CCC1C2OC1(C)OC(COC)C2NC. The summed E-state index contributed by atoms with van der Waals surface area (Å²) in [5.74, 6) is 0.124. The molecule has 5 atom stereocenters. The molecule has 3 heterocycles. The predicted molar refractivity (Wildman–Crippen MR) is 56.7 cm³/mol. The van der Waals surface area contributed by atoms with Gasteiger partial charge in [-0.25, -0.2) is 0 Å². The van der Waals surface area contributed by atoms with Gasteiger partial charge < -0.3 is 19.5 Å². The molecule has 3 aliphatic heterocycles. The molecule has 0 amide bonds. The van der Waals surface area contributed by atoms with Crippen molar-refractivity contribution in [3.8, 4) is 0 Å². The van der Waals surface area contributed by atoms with Crippen LogP contribution in [0.3, 0.4) is 0 Å². The largest absolute Gasteiger partial charge is 0.382 e. The van der Waals surface area contributed by atoms with E-state index in [1.165, 1.54) is 0 Å². The maximum absolute atomic E-state index is 5.98. The van der Waals surface area contributed by atoms with E-state index < -0.39 is 0 Å². The van der Waals surface area contributed by atoms with E-state index in [0.29, 0.717) is 12.5 Å². The molecule has 4 nitrogen and oxygen atoms in total. The fourth-order valence-corrected chi connectivity index (χ4v) is 2.95. The van der Waals surface area contributed by atoms with E-state index in [4.69, 9.17) is 14.2 Å². The molecule has 3 fully saturated rings. The number of methoxy groups -OCH3 is 1. The molecular formula is C11H21NO3. The molecule has 2 bridgehead atoms. The third-order valence-corrected chi connectivity index (χ3v) is 3.68. The second kappa shape index (κ2) is 4.01. The van der Waals surface area contributed by atoms with Crippen molar-refractivity contribution in [1.82, 2.24) is 5.32 Å². The normalized spacial score (nSPS) is 48.8. The molecule has 3 aliphatic rings. The molecule has 15 heavy (non-hydrogen) atoms. The monoisotopic (exact) mass is 215 g/mol. The smallest absolute Gasteiger partial charge is 0.171 e. The lowest BCUT2D eigenvalue weighted by Gasteiger charge is -2.61. The Balaban J connectivity index is 2.09. The molecule has 0 aliphatic carbocycles. The summed E-state index contributed by atoms with van der Waals surface area (Å²) in [5, 5.41) is 3.28. The highest BCUT2D eigenvalue weighted by atomic mass is 16.7. The third kappa shape index (κ3) is 1.60. The predicted octanol–water partition coefficient (Wildman–Crippen LogP) is 0.761. The van der Waals surface area contributed by atoms with Crippen molar-refractivity contribution < 1.29 is 14.2 Å². The van der Waals surface area contributed by atoms with E-state index in [-0.39, 0.29) is 24.0 Å². The molecular weight excluding hydrogens is 194 g/mol. The van der Waals surface area contributed by atoms with E-state index in [0.717, 1.165) is 6.42 Å². The zero-order valence-corrected chi connectivity index (χ0v) is 9.95. The van der Waals surface area contributed by atoms with Gasteiger partial charge in [-0.1, -0.05) is 6.92 Å². The Hall–Kier alpha value is -0.160. The van der Waals surface area contributed by atoms with Crippen molar-refractivity contribution in [3.05, 3.63) is 0 Å². The maximum Gasteiger partial charge on any atom is 0.171 e. The number of fused-ring (bicyclic) bond motifs is 2. The molecule has 0 saturated carbocycles. The first kappa shape index (κ1) is 11.3. The Morgan fingerprint density at radius 1 is 1.40 bits per heavy atom. The summed E-state index contributed by atoms with van der Waals surface area (Å²) in [6.45, 7) is 4.84. The van der Waals surface area contributed by atoms with Crippen LogP contribution in [0.1, 0.15) is 20.3 Å².